The molecule has 1 amide bonds. The molecule has 2 aromatic rings. The second-order valence-corrected chi connectivity index (χ2v) is 7.27. The number of aryl methyl sites for hydroxylation is 1. The van der Waals surface area contributed by atoms with E-state index in [1.165, 1.54) is 5.56 Å². The summed E-state index contributed by atoms with van der Waals surface area (Å²) in [5.41, 5.74) is 2.81. The van der Waals surface area contributed by atoms with Crippen molar-refractivity contribution in [2.45, 2.75) is 38.8 Å². The molecule has 0 saturated heterocycles. The van der Waals surface area contributed by atoms with E-state index in [0.717, 1.165) is 22.6 Å². The summed E-state index contributed by atoms with van der Waals surface area (Å²) < 4.78 is 11.3. The van der Waals surface area contributed by atoms with E-state index in [1.807, 2.05) is 69.3 Å². The Morgan fingerprint density at radius 2 is 1.96 bits per heavy atom. The van der Waals surface area contributed by atoms with Gasteiger partial charge in [-0.25, -0.2) is 0 Å². The van der Waals surface area contributed by atoms with Crippen molar-refractivity contribution in [2.24, 2.45) is 0 Å². The number of carbonyl (C=O) groups is 1. The molecule has 1 atom stereocenters. The lowest BCUT2D eigenvalue weighted by Gasteiger charge is -2.37. The molecule has 0 spiro atoms. The van der Waals surface area contributed by atoms with Crippen LogP contribution in [0.15, 0.2) is 48.5 Å². The van der Waals surface area contributed by atoms with E-state index < -0.39 is 0 Å². The summed E-state index contributed by atoms with van der Waals surface area (Å²) in [6.45, 7) is 6.09. The Labute approximate surface area is 154 Å². The van der Waals surface area contributed by atoms with Crippen LogP contribution in [0.4, 0.5) is 0 Å². The van der Waals surface area contributed by atoms with Gasteiger partial charge in [0.1, 0.15) is 17.1 Å². The first-order valence-electron chi connectivity index (χ1n) is 8.78. The molecule has 0 unspecified atom stereocenters. The molecule has 4 heteroatoms. The van der Waals surface area contributed by atoms with Crippen LogP contribution in [0.5, 0.6) is 11.5 Å². The topological polar surface area (TPSA) is 47.6 Å². The highest BCUT2D eigenvalue weighted by molar-refractivity contribution is 5.92. The number of rotatable bonds is 4. The number of methoxy groups -OCH3 is 1. The first kappa shape index (κ1) is 18.1. The summed E-state index contributed by atoms with van der Waals surface area (Å²) in [7, 11) is 1.63. The van der Waals surface area contributed by atoms with Crippen molar-refractivity contribution in [3.8, 4) is 11.5 Å². The van der Waals surface area contributed by atoms with Gasteiger partial charge in [0.2, 0.25) is 5.91 Å². The molecule has 3 rings (SSSR count). The van der Waals surface area contributed by atoms with Crippen molar-refractivity contribution < 1.29 is 14.3 Å². The van der Waals surface area contributed by atoms with Gasteiger partial charge in [-0.05, 0) is 44.5 Å². The van der Waals surface area contributed by atoms with E-state index in [2.05, 4.69) is 5.32 Å². The number of amides is 1. The highest BCUT2D eigenvalue weighted by Crippen LogP contribution is 2.41. The van der Waals surface area contributed by atoms with Crippen LogP contribution in [0.2, 0.25) is 0 Å². The summed E-state index contributed by atoms with van der Waals surface area (Å²) in [4.78, 5) is 12.4. The Hall–Kier alpha value is -2.75. The fourth-order valence-corrected chi connectivity index (χ4v) is 3.16. The third kappa shape index (κ3) is 4.26. The lowest BCUT2D eigenvalue weighted by atomic mass is 9.89. The summed E-state index contributed by atoms with van der Waals surface area (Å²) in [5.74, 6) is 1.38. The summed E-state index contributed by atoms with van der Waals surface area (Å²) in [6, 6.07) is 13.7. The van der Waals surface area contributed by atoms with Gasteiger partial charge < -0.3 is 14.8 Å². The van der Waals surface area contributed by atoms with Crippen molar-refractivity contribution in [1.29, 1.82) is 0 Å². The fourth-order valence-electron chi connectivity index (χ4n) is 3.16. The normalized spacial score (nSPS) is 18.1. The Bertz CT molecular complexity index is 822. The lowest BCUT2D eigenvalue weighted by molar-refractivity contribution is -0.117. The molecule has 26 heavy (non-hydrogen) atoms. The van der Waals surface area contributed by atoms with E-state index in [-0.39, 0.29) is 17.6 Å². The third-order valence-corrected chi connectivity index (χ3v) is 4.50. The Morgan fingerprint density at radius 3 is 2.65 bits per heavy atom. The minimum Gasteiger partial charge on any atom is -0.497 e. The molecule has 0 aromatic heterocycles. The molecule has 136 valence electrons. The van der Waals surface area contributed by atoms with Gasteiger partial charge in [-0.1, -0.05) is 29.8 Å². The molecule has 1 aliphatic heterocycles. The fraction of sp³-hybridized carbons (Fsp3) is 0.318. The van der Waals surface area contributed by atoms with Crippen LogP contribution >= 0.6 is 0 Å². The van der Waals surface area contributed by atoms with E-state index in [1.54, 1.807) is 13.2 Å². The highest BCUT2D eigenvalue weighted by Gasteiger charge is 2.34. The van der Waals surface area contributed by atoms with Gasteiger partial charge in [0, 0.05) is 24.1 Å². The molecule has 1 N–H and O–H groups in total. The number of benzene rings is 2. The number of carbonyl (C=O) groups excluding carboxylic acids is 1. The molecular formula is C22H25NO3. The largest absolute Gasteiger partial charge is 0.497 e. The smallest absolute Gasteiger partial charge is 0.244 e. The molecule has 4 nitrogen and oxygen atoms in total. The van der Waals surface area contributed by atoms with Crippen LogP contribution < -0.4 is 14.8 Å². The molecule has 2 aromatic carbocycles. The maximum absolute atomic E-state index is 12.4. The lowest BCUT2D eigenvalue weighted by Crippen LogP contribution is -2.40. The Balaban J connectivity index is 1.76. The number of fused-ring (bicyclic) bond motifs is 1. The van der Waals surface area contributed by atoms with E-state index in [0.29, 0.717) is 6.42 Å². The highest BCUT2D eigenvalue weighted by atomic mass is 16.5. The maximum Gasteiger partial charge on any atom is 0.244 e. The molecule has 1 heterocycles. The van der Waals surface area contributed by atoms with Crippen LogP contribution in [-0.2, 0) is 4.79 Å². The summed E-state index contributed by atoms with van der Waals surface area (Å²) in [6.07, 6.45) is 4.11. The van der Waals surface area contributed by atoms with Crippen molar-refractivity contribution >= 4 is 12.0 Å². The maximum atomic E-state index is 12.4. The van der Waals surface area contributed by atoms with Crippen LogP contribution in [0, 0.1) is 6.92 Å². The zero-order valence-corrected chi connectivity index (χ0v) is 15.7. The third-order valence-electron chi connectivity index (χ3n) is 4.50. The second kappa shape index (κ2) is 7.24. The summed E-state index contributed by atoms with van der Waals surface area (Å²) >= 11 is 0. The molecule has 0 aliphatic carbocycles. The van der Waals surface area contributed by atoms with E-state index in [4.69, 9.17) is 9.47 Å². The van der Waals surface area contributed by atoms with Gasteiger partial charge in [-0.3, -0.25) is 4.79 Å². The van der Waals surface area contributed by atoms with Crippen molar-refractivity contribution in [2.75, 3.05) is 7.11 Å². The average Bonchev–Trinajstić information content (AvgIpc) is 2.59. The molecule has 0 fully saturated rings. The number of nitrogens with one attached hydrogen (secondary N) is 1. The molecule has 0 saturated carbocycles. The van der Waals surface area contributed by atoms with Gasteiger partial charge in [0.25, 0.3) is 0 Å². The Morgan fingerprint density at radius 1 is 1.23 bits per heavy atom. The standard InChI is InChI=1S/C22H25NO3/c1-15-5-7-16(8-6-15)9-12-21(24)23-19-14-22(2,3)26-20-13-17(25-4)10-11-18(19)20/h5-13,19H,14H2,1-4H3,(H,23,24)/b12-9+/t19-/m0/s1. The van der Waals surface area contributed by atoms with Crippen molar-refractivity contribution in [3.05, 3.63) is 65.2 Å². The zero-order chi connectivity index (χ0) is 18.7. The monoisotopic (exact) mass is 351 g/mol. The SMILES string of the molecule is COc1ccc2c(c1)OC(C)(C)C[C@@H]2NC(=O)/C=C/c1ccc(C)cc1. The number of ether oxygens (including phenoxy) is 2. The van der Waals surface area contributed by atoms with Crippen molar-refractivity contribution in [1.82, 2.24) is 5.32 Å². The molecule has 0 bridgehead atoms. The van der Waals surface area contributed by atoms with Gasteiger partial charge >= 0.3 is 0 Å². The molecule has 1 aliphatic rings. The van der Waals surface area contributed by atoms with Gasteiger partial charge in [-0.15, -0.1) is 0 Å². The number of hydrogen-bond donors (Lipinski definition) is 1. The number of hydrogen-bond acceptors (Lipinski definition) is 3. The Kier molecular flexibility index (Phi) is 5.03. The second-order valence-electron chi connectivity index (χ2n) is 7.27. The van der Waals surface area contributed by atoms with Crippen molar-refractivity contribution in [3.63, 3.8) is 0 Å². The molecule has 0 radical (unpaired) electrons. The van der Waals surface area contributed by atoms with E-state index >= 15 is 0 Å². The first-order valence-corrected chi connectivity index (χ1v) is 8.78. The minimum absolute atomic E-state index is 0.102. The quantitative estimate of drug-likeness (QED) is 0.829. The predicted molar refractivity (Wildman–Crippen MR) is 103 cm³/mol. The van der Waals surface area contributed by atoms with Crippen LogP contribution in [0.25, 0.3) is 6.08 Å². The van der Waals surface area contributed by atoms with Crippen LogP contribution in [-0.4, -0.2) is 18.6 Å². The zero-order valence-electron chi connectivity index (χ0n) is 15.7. The predicted octanol–water partition coefficient (Wildman–Crippen LogP) is 4.44. The average molecular weight is 351 g/mol. The van der Waals surface area contributed by atoms with Gasteiger partial charge in [0.05, 0.1) is 13.2 Å². The minimum atomic E-state index is -0.363. The summed E-state index contributed by atoms with van der Waals surface area (Å²) in [5, 5.41) is 3.10. The van der Waals surface area contributed by atoms with Gasteiger partial charge in [0.15, 0.2) is 0 Å². The molecular weight excluding hydrogens is 326 g/mol. The first-order chi connectivity index (χ1) is 12.4. The van der Waals surface area contributed by atoms with E-state index in [9.17, 15) is 4.79 Å². The van der Waals surface area contributed by atoms with Crippen LogP contribution in [0.1, 0.15) is 43.0 Å². The van der Waals surface area contributed by atoms with Crippen LogP contribution in [0.3, 0.4) is 0 Å². The van der Waals surface area contributed by atoms with Gasteiger partial charge in [-0.2, -0.15) is 0 Å².